The van der Waals surface area contributed by atoms with Gasteiger partial charge in [-0.25, -0.2) is 0 Å². The minimum atomic E-state index is 0.167. The summed E-state index contributed by atoms with van der Waals surface area (Å²) >= 11 is 0. The van der Waals surface area contributed by atoms with Crippen molar-refractivity contribution in [2.45, 2.75) is 0 Å². The van der Waals surface area contributed by atoms with Crippen LogP contribution in [0.3, 0.4) is 0 Å². The molecule has 1 nitrogen and oxygen atoms in total. The molecule has 1 radical (unpaired) electrons. The number of benzene rings is 1. The highest BCUT2D eigenvalue weighted by Crippen LogP contribution is 2.08. The molecule has 0 atom stereocenters. The first-order valence-electron chi connectivity index (χ1n) is 2.66. The molecule has 1 N–H and O–H groups in total. The number of hydrogen-bond acceptors (Lipinski definition) is 1. The maximum Gasteiger partial charge on any atom is 0.123 e. The van der Waals surface area contributed by atoms with Crippen LogP contribution in [0, 0.1) is 6.07 Å². The Morgan fingerprint density at radius 3 is 2.78 bits per heavy atom. The van der Waals surface area contributed by atoms with Crippen LogP contribution < -0.4 is 0 Å². The highest BCUT2D eigenvalue weighted by atomic mass is 16.3. The molecule has 1 aromatic carbocycles. The van der Waals surface area contributed by atoms with E-state index in [2.05, 4.69) is 12.6 Å². The van der Waals surface area contributed by atoms with Crippen LogP contribution in [-0.2, 0) is 0 Å². The summed E-state index contributed by atoms with van der Waals surface area (Å²) in [6.45, 7) is 3.56. The fourth-order valence-corrected chi connectivity index (χ4v) is 0.556. The molecule has 0 aliphatic carbocycles. The summed E-state index contributed by atoms with van der Waals surface area (Å²) in [5.74, 6) is 0.167. The van der Waals surface area contributed by atoms with Crippen LogP contribution >= 0.6 is 0 Å². The lowest BCUT2D eigenvalue weighted by Crippen LogP contribution is -1.68. The summed E-state index contributed by atoms with van der Waals surface area (Å²) in [5.41, 5.74) is 0.966. The first-order chi connectivity index (χ1) is 4.33. The predicted octanol–water partition coefficient (Wildman–Crippen LogP) is 1.84. The molecule has 0 heterocycles. The van der Waals surface area contributed by atoms with Crippen molar-refractivity contribution in [3.63, 3.8) is 0 Å². The van der Waals surface area contributed by atoms with E-state index in [0.29, 0.717) is 0 Å². The summed E-state index contributed by atoms with van der Waals surface area (Å²) in [5, 5.41) is 8.76. The summed E-state index contributed by atoms with van der Waals surface area (Å²) in [4.78, 5) is 0. The van der Waals surface area contributed by atoms with Crippen molar-refractivity contribution in [1.29, 1.82) is 0 Å². The van der Waals surface area contributed by atoms with Gasteiger partial charge in [0, 0.05) is 6.07 Å². The molecule has 45 valence electrons. The number of aromatic hydroxyl groups is 1. The van der Waals surface area contributed by atoms with Gasteiger partial charge in [-0.2, -0.15) is 0 Å². The molecule has 0 fully saturated rings. The van der Waals surface area contributed by atoms with Gasteiger partial charge >= 0.3 is 0 Å². The smallest absolute Gasteiger partial charge is 0.123 e. The van der Waals surface area contributed by atoms with Crippen molar-refractivity contribution in [3.05, 3.63) is 36.4 Å². The fraction of sp³-hybridized carbons (Fsp3) is 0. The zero-order chi connectivity index (χ0) is 6.69. The van der Waals surface area contributed by atoms with Gasteiger partial charge < -0.3 is 5.11 Å². The minimum absolute atomic E-state index is 0.167. The van der Waals surface area contributed by atoms with Crippen LogP contribution in [-0.4, -0.2) is 5.11 Å². The van der Waals surface area contributed by atoms with Crippen molar-refractivity contribution < 1.29 is 5.11 Å². The van der Waals surface area contributed by atoms with E-state index in [1.54, 1.807) is 24.3 Å². The Morgan fingerprint density at radius 2 is 2.33 bits per heavy atom. The normalized spacial score (nSPS) is 8.89. The predicted molar refractivity (Wildman–Crippen MR) is 37.0 cm³/mol. The highest BCUT2D eigenvalue weighted by Gasteiger charge is 1.85. The van der Waals surface area contributed by atoms with E-state index in [0.717, 1.165) is 5.56 Å². The Hall–Kier alpha value is -1.24. The van der Waals surface area contributed by atoms with Crippen molar-refractivity contribution in [1.82, 2.24) is 0 Å². The molecule has 9 heavy (non-hydrogen) atoms. The van der Waals surface area contributed by atoms with Gasteiger partial charge in [-0.1, -0.05) is 18.7 Å². The Labute approximate surface area is 54.3 Å². The fourth-order valence-electron chi connectivity index (χ4n) is 0.556. The van der Waals surface area contributed by atoms with E-state index in [-0.39, 0.29) is 5.75 Å². The zero-order valence-corrected chi connectivity index (χ0v) is 4.96. The summed E-state index contributed by atoms with van der Waals surface area (Å²) in [6, 6.07) is 7.67. The van der Waals surface area contributed by atoms with Crippen molar-refractivity contribution in [2.75, 3.05) is 0 Å². The number of phenolic OH excluding ortho intramolecular Hbond substituents is 1. The van der Waals surface area contributed by atoms with Crippen LogP contribution in [0.4, 0.5) is 0 Å². The molecule has 0 saturated heterocycles. The second-order valence-electron chi connectivity index (χ2n) is 1.71. The zero-order valence-electron chi connectivity index (χ0n) is 4.96. The lowest BCUT2D eigenvalue weighted by atomic mass is 10.2. The standard InChI is InChI=1S/C8H7O/c1-2-7-3-5-8(9)6-4-7/h2-5,9H,1H2. The third-order valence-electron chi connectivity index (χ3n) is 1.06. The van der Waals surface area contributed by atoms with Gasteiger partial charge in [0.25, 0.3) is 0 Å². The number of hydrogen-bond donors (Lipinski definition) is 1. The molecule has 0 amide bonds. The molecule has 1 aromatic rings. The number of phenols is 1. The van der Waals surface area contributed by atoms with Gasteiger partial charge in [-0.3, -0.25) is 0 Å². The molecule has 1 heteroatoms. The topological polar surface area (TPSA) is 20.2 Å². The van der Waals surface area contributed by atoms with Gasteiger partial charge in [0.15, 0.2) is 0 Å². The van der Waals surface area contributed by atoms with Crippen LogP contribution in [0.5, 0.6) is 5.75 Å². The van der Waals surface area contributed by atoms with E-state index in [9.17, 15) is 0 Å². The molecular formula is C8H7O. The maximum absolute atomic E-state index is 8.76. The minimum Gasteiger partial charge on any atom is -0.507 e. The molecule has 0 saturated carbocycles. The van der Waals surface area contributed by atoms with Gasteiger partial charge in [0.2, 0.25) is 0 Å². The monoisotopic (exact) mass is 119 g/mol. The summed E-state index contributed by atoms with van der Waals surface area (Å²) in [7, 11) is 0. The Balaban J connectivity index is 3.01. The second kappa shape index (κ2) is 2.35. The molecule has 0 bridgehead atoms. The molecule has 0 aliphatic rings. The Kier molecular flexibility index (Phi) is 1.54. The molecule has 0 unspecified atom stereocenters. The number of rotatable bonds is 1. The lowest BCUT2D eigenvalue weighted by molar-refractivity contribution is 0.474. The van der Waals surface area contributed by atoms with E-state index in [1.807, 2.05) is 0 Å². The average Bonchev–Trinajstić information content (AvgIpc) is 1.90. The quantitative estimate of drug-likeness (QED) is 0.598. The molecule has 1 rings (SSSR count). The van der Waals surface area contributed by atoms with Gasteiger partial charge in [-0.05, 0) is 17.7 Å². The Bertz CT molecular complexity index is 198. The first-order valence-corrected chi connectivity index (χ1v) is 2.66. The van der Waals surface area contributed by atoms with E-state index < -0.39 is 0 Å². The van der Waals surface area contributed by atoms with Gasteiger partial charge in [-0.15, -0.1) is 0 Å². The summed E-state index contributed by atoms with van der Waals surface area (Å²) < 4.78 is 0. The van der Waals surface area contributed by atoms with E-state index >= 15 is 0 Å². The largest absolute Gasteiger partial charge is 0.507 e. The lowest BCUT2D eigenvalue weighted by Gasteiger charge is -1.89. The van der Waals surface area contributed by atoms with E-state index in [4.69, 9.17) is 5.11 Å². The SMILES string of the molecule is C=Cc1c[c]c(O)cc1. The Morgan fingerprint density at radius 1 is 1.56 bits per heavy atom. The molecule has 0 spiro atoms. The van der Waals surface area contributed by atoms with Crippen molar-refractivity contribution >= 4 is 6.08 Å². The molecule has 0 aliphatic heterocycles. The van der Waals surface area contributed by atoms with Crippen LogP contribution in [0.1, 0.15) is 5.56 Å². The summed E-state index contributed by atoms with van der Waals surface area (Å²) in [6.07, 6.45) is 1.70. The van der Waals surface area contributed by atoms with Crippen LogP contribution in [0.25, 0.3) is 6.08 Å². The van der Waals surface area contributed by atoms with E-state index in [1.165, 1.54) is 0 Å². The second-order valence-corrected chi connectivity index (χ2v) is 1.71. The maximum atomic E-state index is 8.76. The average molecular weight is 119 g/mol. The molecule has 0 aromatic heterocycles. The highest BCUT2D eigenvalue weighted by molar-refractivity contribution is 5.47. The van der Waals surface area contributed by atoms with Crippen molar-refractivity contribution in [2.24, 2.45) is 0 Å². The first kappa shape index (κ1) is 5.89. The van der Waals surface area contributed by atoms with Crippen LogP contribution in [0.15, 0.2) is 24.8 Å². The van der Waals surface area contributed by atoms with Crippen LogP contribution in [0.2, 0.25) is 0 Å². The van der Waals surface area contributed by atoms with Crippen molar-refractivity contribution in [3.8, 4) is 5.75 Å². The molecular weight excluding hydrogens is 112 g/mol. The van der Waals surface area contributed by atoms with Gasteiger partial charge in [0.05, 0.1) is 0 Å². The third kappa shape index (κ3) is 1.32. The van der Waals surface area contributed by atoms with Gasteiger partial charge in [0.1, 0.15) is 5.75 Å². The third-order valence-corrected chi connectivity index (χ3v) is 1.06.